The van der Waals surface area contributed by atoms with Crippen molar-refractivity contribution in [2.75, 3.05) is 26.7 Å². The topological polar surface area (TPSA) is 45.7 Å². The second-order valence-corrected chi connectivity index (χ2v) is 8.45. The third kappa shape index (κ3) is 2.47. The predicted molar refractivity (Wildman–Crippen MR) is 101 cm³/mol. The van der Waals surface area contributed by atoms with Crippen LogP contribution in [-0.2, 0) is 0 Å². The molecule has 2 aromatic rings. The smallest absolute Gasteiger partial charge is 0.265 e. The quantitative estimate of drug-likeness (QED) is 0.835. The molecule has 2 bridgehead atoms. The molecule has 1 aromatic heterocycles. The van der Waals surface area contributed by atoms with Crippen LogP contribution in [0, 0.1) is 5.92 Å². The number of methoxy groups -OCH3 is 1. The highest BCUT2D eigenvalue weighted by Crippen LogP contribution is 2.47. The SMILES string of the molecule is COc1cccc([C@@H]2CN(C(=O)c3cncs3)[C@H]3C4CCN(CC4)[C@@H]23)c1. The molecular formula is C20H23N3O2S. The number of piperidine rings is 3. The molecular weight excluding hydrogens is 346 g/mol. The van der Waals surface area contributed by atoms with E-state index in [1.165, 1.54) is 29.7 Å². The zero-order valence-electron chi connectivity index (χ0n) is 14.9. The molecule has 4 fully saturated rings. The van der Waals surface area contributed by atoms with Crippen LogP contribution in [0.3, 0.4) is 0 Å². The number of thiazole rings is 1. The first-order valence-corrected chi connectivity index (χ1v) is 10.2. The first-order valence-electron chi connectivity index (χ1n) is 9.33. The van der Waals surface area contributed by atoms with Crippen molar-refractivity contribution in [3.63, 3.8) is 0 Å². The Balaban J connectivity index is 1.53. The molecule has 6 rings (SSSR count). The molecule has 0 aliphatic carbocycles. The van der Waals surface area contributed by atoms with E-state index >= 15 is 0 Å². The van der Waals surface area contributed by atoms with Crippen LogP contribution in [0.25, 0.3) is 0 Å². The van der Waals surface area contributed by atoms with Crippen molar-refractivity contribution in [3.05, 3.63) is 46.4 Å². The van der Waals surface area contributed by atoms with Crippen LogP contribution in [0.15, 0.2) is 36.0 Å². The number of amides is 1. The second-order valence-electron chi connectivity index (χ2n) is 7.56. The minimum Gasteiger partial charge on any atom is -0.497 e. The van der Waals surface area contributed by atoms with E-state index in [1.54, 1.807) is 18.8 Å². The highest BCUT2D eigenvalue weighted by atomic mass is 32.1. The Hall–Kier alpha value is -1.92. The van der Waals surface area contributed by atoms with Crippen molar-refractivity contribution in [2.45, 2.75) is 30.8 Å². The normalized spacial score (nSPS) is 32.5. The van der Waals surface area contributed by atoms with Crippen LogP contribution < -0.4 is 4.74 Å². The summed E-state index contributed by atoms with van der Waals surface area (Å²) in [6, 6.07) is 9.13. The molecule has 5 nitrogen and oxygen atoms in total. The number of hydrogen-bond donors (Lipinski definition) is 0. The van der Waals surface area contributed by atoms with Crippen LogP contribution in [0.1, 0.15) is 34.0 Å². The van der Waals surface area contributed by atoms with Gasteiger partial charge in [-0.05, 0) is 49.5 Å². The number of nitrogens with zero attached hydrogens (tertiary/aromatic N) is 3. The number of ether oxygens (including phenoxy) is 1. The number of carbonyl (C=O) groups is 1. The Kier molecular flexibility index (Phi) is 3.98. The largest absolute Gasteiger partial charge is 0.497 e. The van der Waals surface area contributed by atoms with Gasteiger partial charge in [-0.25, -0.2) is 0 Å². The third-order valence-corrected chi connectivity index (χ3v) is 7.18. The molecule has 0 spiro atoms. The van der Waals surface area contributed by atoms with Crippen LogP contribution in [0.4, 0.5) is 0 Å². The number of fused-ring (bicyclic) bond motifs is 2. The average molecular weight is 369 g/mol. The van der Waals surface area contributed by atoms with E-state index < -0.39 is 0 Å². The summed E-state index contributed by atoms with van der Waals surface area (Å²) in [6.45, 7) is 3.11. The van der Waals surface area contributed by atoms with Crippen LogP contribution in [0.5, 0.6) is 5.75 Å². The van der Waals surface area contributed by atoms with Gasteiger partial charge >= 0.3 is 0 Å². The lowest BCUT2D eigenvalue weighted by Gasteiger charge is -2.51. The summed E-state index contributed by atoms with van der Waals surface area (Å²) in [5.74, 6) is 2.01. The molecule has 3 atom stereocenters. The third-order valence-electron chi connectivity index (χ3n) is 6.42. The Morgan fingerprint density at radius 3 is 2.85 bits per heavy atom. The fraction of sp³-hybridized carbons (Fsp3) is 0.500. The molecule has 1 aromatic carbocycles. The first-order chi connectivity index (χ1) is 12.8. The summed E-state index contributed by atoms with van der Waals surface area (Å²) in [7, 11) is 1.71. The first kappa shape index (κ1) is 16.3. The van der Waals surface area contributed by atoms with Crippen molar-refractivity contribution in [2.24, 2.45) is 5.92 Å². The molecule has 136 valence electrons. The summed E-state index contributed by atoms with van der Waals surface area (Å²) in [4.78, 5) is 22.8. The zero-order valence-corrected chi connectivity index (χ0v) is 15.7. The van der Waals surface area contributed by atoms with Gasteiger partial charge in [-0.15, -0.1) is 11.3 Å². The van der Waals surface area contributed by atoms with Crippen LogP contribution in [-0.4, -0.2) is 59.5 Å². The summed E-state index contributed by atoms with van der Waals surface area (Å²) in [6.07, 6.45) is 4.12. The van der Waals surface area contributed by atoms with Crippen molar-refractivity contribution >= 4 is 17.2 Å². The van der Waals surface area contributed by atoms with Gasteiger partial charge in [0, 0.05) is 18.5 Å². The van der Waals surface area contributed by atoms with Crippen molar-refractivity contribution in [3.8, 4) is 5.75 Å². The fourth-order valence-electron chi connectivity index (χ4n) is 5.28. The fourth-order valence-corrected chi connectivity index (χ4v) is 5.86. The molecule has 4 aliphatic heterocycles. The Morgan fingerprint density at radius 1 is 1.27 bits per heavy atom. The van der Waals surface area contributed by atoms with Crippen LogP contribution in [0.2, 0.25) is 0 Å². The zero-order chi connectivity index (χ0) is 17.7. The van der Waals surface area contributed by atoms with Gasteiger partial charge in [0.15, 0.2) is 0 Å². The maximum atomic E-state index is 13.2. The van der Waals surface area contributed by atoms with E-state index in [2.05, 4.69) is 33.0 Å². The molecule has 0 N–H and O–H groups in total. The van der Waals surface area contributed by atoms with Gasteiger partial charge in [-0.2, -0.15) is 0 Å². The predicted octanol–water partition coefficient (Wildman–Crippen LogP) is 2.85. The van der Waals surface area contributed by atoms with Crippen molar-refractivity contribution in [1.29, 1.82) is 0 Å². The van der Waals surface area contributed by atoms with Crippen LogP contribution >= 0.6 is 11.3 Å². The monoisotopic (exact) mass is 369 g/mol. The van der Waals surface area contributed by atoms with E-state index in [-0.39, 0.29) is 5.91 Å². The summed E-state index contributed by atoms with van der Waals surface area (Å²) in [5, 5.41) is 0. The lowest BCUT2D eigenvalue weighted by atomic mass is 9.75. The molecule has 6 heteroatoms. The summed E-state index contributed by atoms with van der Waals surface area (Å²) < 4.78 is 5.44. The molecule has 0 radical (unpaired) electrons. The van der Waals surface area contributed by atoms with Gasteiger partial charge in [-0.3, -0.25) is 14.7 Å². The molecule has 26 heavy (non-hydrogen) atoms. The lowest BCUT2D eigenvalue weighted by molar-refractivity contribution is -0.00327. The number of carbonyl (C=O) groups excluding carboxylic acids is 1. The number of benzene rings is 1. The van der Waals surface area contributed by atoms with Gasteiger partial charge in [0.05, 0.1) is 24.9 Å². The Morgan fingerprint density at radius 2 is 2.12 bits per heavy atom. The maximum absolute atomic E-state index is 13.2. The molecule has 0 saturated carbocycles. The van der Waals surface area contributed by atoms with E-state index in [0.29, 0.717) is 23.9 Å². The molecule has 1 amide bonds. The lowest BCUT2D eigenvalue weighted by Crippen LogP contribution is -2.60. The van der Waals surface area contributed by atoms with E-state index in [1.807, 2.05) is 6.07 Å². The molecule has 0 unspecified atom stereocenters. The average Bonchev–Trinajstić information content (AvgIpc) is 3.37. The Labute approximate surface area is 157 Å². The van der Waals surface area contributed by atoms with E-state index in [9.17, 15) is 4.79 Å². The number of hydrogen-bond acceptors (Lipinski definition) is 5. The van der Waals surface area contributed by atoms with Gasteiger partial charge in [0.25, 0.3) is 5.91 Å². The van der Waals surface area contributed by atoms with Gasteiger partial charge in [0.2, 0.25) is 0 Å². The van der Waals surface area contributed by atoms with Crippen molar-refractivity contribution < 1.29 is 9.53 Å². The number of likely N-dealkylation sites (tertiary alicyclic amines) is 1. The molecule has 5 heterocycles. The van der Waals surface area contributed by atoms with E-state index in [0.717, 1.165) is 30.3 Å². The number of rotatable bonds is 3. The van der Waals surface area contributed by atoms with Gasteiger partial charge < -0.3 is 9.64 Å². The molecule has 4 aliphatic rings. The Bertz CT molecular complexity index is 801. The highest BCUT2D eigenvalue weighted by molar-refractivity contribution is 7.11. The summed E-state index contributed by atoms with van der Waals surface area (Å²) >= 11 is 1.44. The standard InChI is InChI=1S/C20H23N3O2S/c1-25-15-4-2-3-14(9-15)16-11-23(20(24)17-10-21-12-26-17)18-13-5-7-22(8-6-13)19(16)18/h2-4,9-10,12-13,16,18-19H,5-8,11H2,1H3/t16-,18-,19-/m0/s1. The van der Waals surface area contributed by atoms with Gasteiger partial charge in [0.1, 0.15) is 10.6 Å². The number of aromatic nitrogens is 1. The minimum atomic E-state index is 0.154. The minimum absolute atomic E-state index is 0.154. The maximum Gasteiger partial charge on any atom is 0.265 e. The van der Waals surface area contributed by atoms with Gasteiger partial charge in [-0.1, -0.05) is 12.1 Å². The van der Waals surface area contributed by atoms with E-state index in [4.69, 9.17) is 4.74 Å². The highest BCUT2D eigenvalue weighted by Gasteiger charge is 2.54. The molecule has 4 saturated heterocycles. The summed E-state index contributed by atoms with van der Waals surface area (Å²) in [5.41, 5.74) is 3.03. The second kappa shape index (κ2) is 6.35. The van der Waals surface area contributed by atoms with Crippen molar-refractivity contribution in [1.82, 2.24) is 14.8 Å².